The van der Waals surface area contributed by atoms with Gasteiger partial charge in [0.2, 0.25) is 5.91 Å². The van der Waals surface area contributed by atoms with Gasteiger partial charge in [0.25, 0.3) is 5.56 Å². The number of carbonyl (C=O) groups excluding carboxylic acids is 1. The van der Waals surface area contributed by atoms with Crippen LogP contribution in [0.3, 0.4) is 0 Å². The normalized spacial score (nSPS) is 17.0. The zero-order valence-electron chi connectivity index (χ0n) is 17.2. The first-order valence-electron chi connectivity index (χ1n) is 10.8. The van der Waals surface area contributed by atoms with Gasteiger partial charge in [-0.2, -0.15) is 0 Å². The molecule has 3 aromatic rings. The van der Waals surface area contributed by atoms with Gasteiger partial charge in [0.1, 0.15) is 5.82 Å². The molecule has 2 heterocycles. The van der Waals surface area contributed by atoms with Crippen LogP contribution in [0.25, 0.3) is 0 Å². The van der Waals surface area contributed by atoms with Crippen molar-refractivity contribution in [3.63, 3.8) is 0 Å². The van der Waals surface area contributed by atoms with Gasteiger partial charge in [0.15, 0.2) is 0 Å². The molecule has 1 N–H and O–H groups in total. The van der Waals surface area contributed by atoms with Crippen molar-refractivity contribution >= 4 is 21.8 Å². The number of halogens is 1. The molecule has 0 atom stereocenters. The Bertz CT molecular complexity index is 1180. The lowest BCUT2D eigenvalue weighted by atomic mass is 9.94. The summed E-state index contributed by atoms with van der Waals surface area (Å²) in [5, 5.41) is 0. The Labute approximate surface area is 189 Å². The molecule has 2 aromatic carbocycles. The van der Waals surface area contributed by atoms with Gasteiger partial charge in [0.05, 0.1) is 29.6 Å². The molecule has 1 aliphatic carbocycles. The first-order chi connectivity index (χ1) is 15.0. The zero-order valence-corrected chi connectivity index (χ0v) is 18.8. The van der Waals surface area contributed by atoms with Crippen LogP contribution >= 0.6 is 15.9 Å². The highest BCUT2D eigenvalue weighted by Crippen LogP contribution is 2.51. The molecule has 0 unspecified atom stereocenters. The molecule has 1 fully saturated rings. The average Bonchev–Trinajstić information content (AvgIpc) is 3.59. The van der Waals surface area contributed by atoms with E-state index in [1.807, 2.05) is 42.5 Å². The molecule has 1 amide bonds. The molecule has 0 radical (unpaired) electrons. The Hall–Kier alpha value is -2.73. The van der Waals surface area contributed by atoms with E-state index in [0.29, 0.717) is 25.1 Å². The van der Waals surface area contributed by atoms with E-state index in [1.165, 1.54) is 5.56 Å². The van der Waals surface area contributed by atoms with Crippen LogP contribution in [0.1, 0.15) is 47.5 Å². The molecule has 5 nitrogen and oxygen atoms in total. The van der Waals surface area contributed by atoms with E-state index in [0.717, 1.165) is 47.2 Å². The fourth-order valence-corrected chi connectivity index (χ4v) is 4.99. The monoisotopic (exact) mass is 477 g/mol. The predicted octanol–water partition coefficient (Wildman–Crippen LogP) is 4.13. The number of aromatic nitrogens is 2. The van der Waals surface area contributed by atoms with Crippen molar-refractivity contribution in [1.82, 2.24) is 14.9 Å². The maximum absolute atomic E-state index is 13.1. The van der Waals surface area contributed by atoms with E-state index < -0.39 is 0 Å². The topological polar surface area (TPSA) is 66.1 Å². The molecule has 6 heteroatoms. The Kier molecular flexibility index (Phi) is 5.26. The third-order valence-corrected chi connectivity index (χ3v) is 6.91. The highest BCUT2D eigenvalue weighted by molar-refractivity contribution is 9.10. The number of H-pyrrole nitrogens is 1. The van der Waals surface area contributed by atoms with Crippen LogP contribution in [0.5, 0.6) is 0 Å². The molecule has 31 heavy (non-hydrogen) atoms. The van der Waals surface area contributed by atoms with Crippen molar-refractivity contribution < 1.29 is 4.79 Å². The van der Waals surface area contributed by atoms with Crippen molar-refractivity contribution in [3.8, 4) is 0 Å². The largest absolute Gasteiger partial charge is 0.338 e. The molecule has 1 aliphatic heterocycles. The first-order valence-corrected chi connectivity index (χ1v) is 11.5. The number of nitrogens with one attached hydrogen (secondary N) is 1. The van der Waals surface area contributed by atoms with Gasteiger partial charge in [-0.1, -0.05) is 58.4 Å². The van der Waals surface area contributed by atoms with Crippen LogP contribution in [0.4, 0.5) is 0 Å². The van der Waals surface area contributed by atoms with Crippen LogP contribution < -0.4 is 5.56 Å². The van der Waals surface area contributed by atoms with E-state index >= 15 is 0 Å². The number of aryl methyl sites for hydroxylation is 1. The second kappa shape index (κ2) is 8.08. The van der Waals surface area contributed by atoms with Gasteiger partial charge in [0, 0.05) is 11.0 Å². The van der Waals surface area contributed by atoms with E-state index in [4.69, 9.17) is 4.98 Å². The zero-order chi connectivity index (χ0) is 21.4. The number of amides is 1. The summed E-state index contributed by atoms with van der Waals surface area (Å²) in [6, 6.07) is 18.1. The molecule has 0 spiro atoms. The number of nitrogens with zero attached hydrogens (tertiary/aromatic N) is 2. The van der Waals surface area contributed by atoms with Gasteiger partial charge >= 0.3 is 0 Å². The highest BCUT2D eigenvalue weighted by Gasteiger charge is 2.48. The lowest BCUT2D eigenvalue weighted by molar-refractivity contribution is -0.131. The van der Waals surface area contributed by atoms with Crippen molar-refractivity contribution in [2.24, 2.45) is 0 Å². The molecular weight excluding hydrogens is 454 g/mol. The number of hydrogen-bond acceptors (Lipinski definition) is 3. The summed E-state index contributed by atoms with van der Waals surface area (Å²) in [4.78, 5) is 35.8. The van der Waals surface area contributed by atoms with Gasteiger partial charge in [-0.05, 0) is 48.9 Å². The minimum absolute atomic E-state index is 0.0392. The second-order valence-electron chi connectivity index (χ2n) is 8.51. The predicted molar refractivity (Wildman–Crippen MR) is 123 cm³/mol. The quantitative estimate of drug-likeness (QED) is 0.614. The summed E-state index contributed by atoms with van der Waals surface area (Å²) in [5.41, 5.74) is 3.37. The molecule has 2 aliphatic rings. The molecule has 1 aromatic heterocycles. The average molecular weight is 478 g/mol. The van der Waals surface area contributed by atoms with Crippen molar-refractivity contribution in [3.05, 3.63) is 97.6 Å². The van der Waals surface area contributed by atoms with E-state index in [1.54, 1.807) is 4.90 Å². The van der Waals surface area contributed by atoms with Crippen LogP contribution in [0.2, 0.25) is 0 Å². The number of fused-ring (bicyclic) bond motifs is 1. The number of rotatable bonds is 4. The van der Waals surface area contributed by atoms with Crippen LogP contribution in [0, 0.1) is 0 Å². The third-order valence-electron chi connectivity index (χ3n) is 6.42. The van der Waals surface area contributed by atoms with Gasteiger partial charge in [-0.15, -0.1) is 0 Å². The first kappa shape index (κ1) is 20.2. The minimum Gasteiger partial charge on any atom is -0.338 e. The van der Waals surface area contributed by atoms with E-state index in [-0.39, 0.29) is 16.9 Å². The fraction of sp³-hybridized carbons (Fsp3) is 0.320. The highest BCUT2D eigenvalue weighted by atomic mass is 79.9. The summed E-state index contributed by atoms with van der Waals surface area (Å²) >= 11 is 3.46. The Morgan fingerprint density at radius 2 is 1.94 bits per heavy atom. The molecule has 0 saturated heterocycles. The molecule has 158 valence electrons. The minimum atomic E-state index is -0.169. The fourth-order valence-electron chi connectivity index (χ4n) is 4.54. The van der Waals surface area contributed by atoms with Crippen LogP contribution in [-0.4, -0.2) is 27.3 Å². The van der Waals surface area contributed by atoms with Gasteiger partial charge < -0.3 is 9.88 Å². The summed E-state index contributed by atoms with van der Waals surface area (Å²) in [7, 11) is 0. The summed E-state index contributed by atoms with van der Waals surface area (Å²) in [5.74, 6) is 0.814. The smallest absolute Gasteiger partial charge is 0.256 e. The standard InChI is InChI=1S/C25H24BrN3O2/c26-19-9-4-6-17(14-19)15-22(30)29-13-5-10-21-20(16-29)23(31)28-24(27-21)25(11-12-25)18-7-2-1-3-8-18/h1-4,6-9,14H,5,10-13,15-16H2,(H,27,28,31). The number of aromatic amines is 1. The van der Waals surface area contributed by atoms with E-state index in [2.05, 4.69) is 33.0 Å². The second-order valence-corrected chi connectivity index (χ2v) is 9.43. The SMILES string of the molecule is O=C(Cc1cccc(Br)c1)N1CCCc2nc(C3(c4ccccc4)CC3)[nH]c(=O)c2C1. The maximum atomic E-state index is 13.1. The summed E-state index contributed by atoms with van der Waals surface area (Å²) in [6.07, 6.45) is 3.85. The number of benzene rings is 2. The van der Waals surface area contributed by atoms with Crippen molar-refractivity contribution in [2.45, 2.75) is 44.1 Å². The number of carbonyl (C=O) groups is 1. The lowest BCUT2D eigenvalue weighted by Gasteiger charge is -2.21. The van der Waals surface area contributed by atoms with Crippen molar-refractivity contribution in [1.29, 1.82) is 0 Å². The Morgan fingerprint density at radius 1 is 1.13 bits per heavy atom. The van der Waals surface area contributed by atoms with Crippen LogP contribution in [-0.2, 0) is 29.6 Å². The maximum Gasteiger partial charge on any atom is 0.256 e. The molecule has 5 rings (SSSR count). The van der Waals surface area contributed by atoms with Gasteiger partial charge in [-0.3, -0.25) is 9.59 Å². The summed E-state index contributed by atoms with van der Waals surface area (Å²) < 4.78 is 0.958. The van der Waals surface area contributed by atoms with Crippen molar-refractivity contribution in [2.75, 3.05) is 6.54 Å². The van der Waals surface area contributed by atoms with E-state index in [9.17, 15) is 9.59 Å². The Morgan fingerprint density at radius 3 is 2.68 bits per heavy atom. The molecule has 1 saturated carbocycles. The lowest BCUT2D eigenvalue weighted by Crippen LogP contribution is -2.34. The molecular formula is C25H24BrN3O2. The van der Waals surface area contributed by atoms with Crippen LogP contribution in [0.15, 0.2) is 63.9 Å². The number of hydrogen-bond donors (Lipinski definition) is 1. The van der Waals surface area contributed by atoms with Gasteiger partial charge in [-0.25, -0.2) is 4.98 Å². The Balaban J connectivity index is 1.41. The third kappa shape index (κ3) is 3.97. The molecule has 0 bridgehead atoms. The summed E-state index contributed by atoms with van der Waals surface area (Å²) in [6.45, 7) is 0.963.